The van der Waals surface area contributed by atoms with Crippen molar-refractivity contribution < 1.29 is 0 Å². The van der Waals surface area contributed by atoms with Crippen molar-refractivity contribution in [2.24, 2.45) is 0 Å². The Bertz CT molecular complexity index is 1250. The van der Waals surface area contributed by atoms with Gasteiger partial charge in [0.05, 0.1) is 0 Å². The van der Waals surface area contributed by atoms with Gasteiger partial charge in [-0.3, -0.25) is 0 Å². The minimum absolute atomic E-state index is 0.223. The highest BCUT2D eigenvalue weighted by Gasteiger charge is 2.38. The molecule has 0 heterocycles. The van der Waals surface area contributed by atoms with Gasteiger partial charge in [-0.05, 0) is 105 Å². The molecule has 0 saturated heterocycles. The Hall–Kier alpha value is -2.54. The van der Waals surface area contributed by atoms with Crippen LogP contribution in [0.5, 0.6) is 0 Å². The summed E-state index contributed by atoms with van der Waals surface area (Å²) < 4.78 is 0. The molecule has 0 spiro atoms. The zero-order valence-electron chi connectivity index (χ0n) is 23.1. The van der Waals surface area contributed by atoms with Gasteiger partial charge < -0.3 is 5.32 Å². The average Bonchev–Trinajstić information content (AvgIpc) is 2.80. The van der Waals surface area contributed by atoms with Crippen LogP contribution in [0.1, 0.15) is 103 Å². The molecule has 0 fully saturated rings. The average molecular weight is 466 g/mol. The summed E-state index contributed by atoms with van der Waals surface area (Å²) in [6.07, 6.45) is 4.98. The van der Waals surface area contributed by atoms with Gasteiger partial charge in [-0.1, -0.05) is 91.8 Å². The van der Waals surface area contributed by atoms with Crippen molar-refractivity contribution >= 4 is 11.4 Å². The smallest absolute Gasteiger partial charge is 0.0387 e. The van der Waals surface area contributed by atoms with Crippen LogP contribution < -0.4 is 5.32 Å². The van der Waals surface area contributed by atoms with Crippen molar-refractivity contribution in [1.29, 1.82) is 0 Å². The van der Waals surface area contributed by atoms with Gasteiger partial charge in [0, 0.05) is 11.4 Å². The maximum atomic E-state index is 3.67. The number of fused-ring (bicyclic) bond motifs is 2. The Kier molecular flexibility index (Phi) is 5.51. The minimum Gasteiger partial charge on any atom is -0.356 e. The van der Waals surface area contributed by atoms with Crippen LogP contribution in [0.4, 0.5) is 11.4 Å². The van der Waals surface area contributed by atoms with Crippen LogP contribution in [0, 0.1) is 0 Å². The maximum Gasteiger partial charge on any atom is 0.0387 e. The summed E-state index contributed by atoms with van der Waals surface area (Å²) in [7, 11) is 0. The van der Waals surface area contributed by atoms with Crippen molar-refractivity contribution in [2.45, 2.75) is 103 Å². The van der Waals surface area contributed by atoms with E-state index in [2.05, 4.69) is 121 Å². The van der Waals surface area contributed by atoms with Gasteiger partial charge in [0.15, 0.2) is 0 Å². The number of benzene rings is 3. The van der Waals surface area contributed by atoms with E-state index in [0.29, 0.717) is 0 Å². The lowest BCUT2D eigenvalue weighted by Gasteiger charge is -2.42. The molecule has 0 unspecified atom stereocenters. The minimum atomic E-state index is 0.223. The Labute approximate surface area is 213 Å². The highest BCUT2D eigenvalue weighted by molar-refractivity contribution is 5.70. The van der Waals surface area contributed by atoms with E-state index in [1.165, 1.54) is 64.8 Å². The van der Waals surface area contributed by atoms with Gasteiger partial charge in [0.1, 0.15) is 0 Å². The molecular formula is C34H43N. The molecule has 0 saturated carbocycles. The first-order valence-corrected chi connectivity index (χ1v) is 13.5. The first-order chi connectivity index (χ1) is 16.3. The van der Waals surface area contributed by atoms with Gasteiger partial charge in [-0.2, -0.15) is 0 Å². The molecule has 184 valence electrons. The number of hydrogen-bond acceptors (Lipinski definition) is 1. The lowest BCUT2D eigenvalue weighted by atomic mass is 9.63. The first-order valence-electron chi connectivity index (χ1n) is 13.5. The summed E-state index contributed by atoms with van der Waals surface area (Å²) in [5.74, 6) is 0. The van der Waals surface area contributed by atoms with Crippen LogP contribution in [0.15, 0.2) is 60.7 Å². The van der Waals surface area contributed by atoms with Gasteiger partial charge in [-0.15, -0.1) is 0 Å². The fourth-order valence-corrected chi connectivity index (χ4v) is 6.35. The van der Waals surface area contributed by atoms with Crippen LogP contribution in [0.3, 0.4) is 0 Å². The molecule has 3 aromatic carbocycles. The quantitative estimate of drug-likeness (QED) is 0.406. The van der Waals surface area contributed by atoms with E-state index in [1.807, 2.05) is 0 Å². The largest absolute Gasteiger partial charge is 0.356 e. The predicted octanol–water partition coefficient (Wildman–Crippen LogP) is 9.80. The van der Waals surface area contributed by atoms with Crippen molar-refractivity contribution in [1.82, 2.24) is 0 Å². The van der Waals surface area contributed by atoms with Gasteiger partial charge in [-0.25, -0.2) is 0 Å². The molecule has 0 atom stereocenters. The standard InChI is InChI=1S/C34H43N/c1-31(2)17-19-33(5,6)29-21-24(11-15-27(29)31)23-9-12-25(13-10-23)35-26-14-16-28-30(22-26)34(7,8)20-18-32(28,3)4/h9-16,21-22,35H,17-20H2,1-8H3. The molecule has 2 aliphatic rings. The Morgan fingerprint density at radius 2 is 0.829 bits per heavy atom. The number of anilines is 2. The summed E-state index contributed by atoms with van der Waals surface area (Å²) in [6.45, 7) is 19.1. The van der Waals surface area contributed by atoms with E-state index in [4.69, 9.17) is 0 Å². The van der Waals surface area contributed by atoms with E-state index in [9.17, 15) is 0 Å². The predicted molar refractivity (Wildman–Crippen MR) is 152 cm³/mol. The molecule has 0 radical (unpaired) electrons. The third-order valence-corrected chi connectivity index (χ3v) is 9.21. The van der Waals surface area contributed by atoms with Crippen LogP contribution >= 0.6 is 0 Å². The first kappa shape index (κ1) is 24.2. The van der Waals surface area contributed by atoms with Gasteiger partial charge in [0.25, 0.3) is 0 Å². The highest BCUT2D eigenvalue weighted by atomic mass is 14.9. The van der Waals surface area contributed by atoms with E-state index in [1.54, 1.807) is 0 Å². The molecular weight excluding hydrogens is 422 g/mol. The molecule has 0 amide bonds. The van der Waals surface area contributed by atoms with Crippen molar-refractivity contribution in [3.8, 4) is 11.1 Å². The van der Waals surface area contributed by atoms with Crippen LogP contribution in [-0.2, 0) is 21.7 Å². The lowest BCUT2D eigenvalue weighted by molar-refractivity contribution is 0.332. The summed E-state index contributed by atoms with van der Waals surface area (Å²) in [6, 6.07) is 23.1. The molecule has 1 heteroatoms. The van der Waals surface area contributed by atoms with E-state index in [0.717, 1.165) is 5.69 Å². The van der Waals surface area contributed by atoms with Crippen molar-refractivity contribution in [3.05, 3.63) is 82.9 Å². The summed E-state index contributed by atoms with van der Waals surface area (Å²) >= 11 is 0. The zero-order valence-corrected chi connectivity index (χ0v) is 23.1. The van der Waals surface area contributed by atoms with Crippen LogP contribution in [0.2, 0.25) is 0 Å². The van der Waals surface area contributed by atoms with E-state index < -0.39 is 0 Å². The summed E-state index contributed by atoms with van der Waals surface area (Å²) in [5.41, 5.74) is 11.9. The molecule has 35 heavy (non-hydrogen) atoms. The molecule has 1 N–H and O–H groups in total. The van der Waals surface area contributed by atoms with Gasteiger partial charge >= 0.3 is 0 Å². The highest BCUT2D eigenvalue weighted by Crippen LogP contribution is 2.48. The fourth-order valence-electron chi connectivity index (χ4n) is 6.35. The Morgan fingerprint density at radius 1 is 0.429 bits per heavy atom. The molecule has 1 nitrogen and oxygen atoms in total. The second kappa shape index (κ2) is 7.99. The summed E-state index contributed by atoms with van der Waals surface area (Å²) in [4.78, 5) is 0. The van der Waals surface area contributed by atoms with Crippen molar-refractivity contribution in [3.63, 3.8) is 0 Å². The fraction of sp³-hybridized carbons (Fsp3) is 0.471. The Morgan fingerprint density at radius 3 is 1.37 bits per heavy atom. The molecule has 0 aromatic heterocycles. The third kappa shape index (κ3) is 4.32. The lowest BCUT2D eigenvalue weighted by Crippen LogP contribution is -2.33. The molecule has 2 aliphatic carbocycles. The van der Waals surface area contributed by atoms with Crippen LogP contribution in [0.25, 0.3) is 11.1 Å². The zero-order chi connectivity index (χ0) is 25.2. The second-order valence-electron chi connectivity index (χ2n) is 13.8. The molecule has 0 aliphatic heterocycles. The summed E-state index contributed by atoms with van der Waals surface area (Å²) in [5, 5.41) is 3.67. The maximum absolute atomic E-state index is 3.67. The molecule has 5 rings (SSSR count). The SMILES string of the molecule is CC1(C)CCC(C)(C)c2cc(Nc3ccc(-c4ccc5c(c4)C(C)(C)CCC5(C)C)cc3)ccc21. The second-order valence-corrected chi connectivity index (χ2v) is 13.8. The third-order valence-electron chi connectivity index (χ3n) is 9.21. The van der Waals surface area contributed by atoms with Gasteiger partial charge in [0.2, 0.25) is 0 Å². The Balaban J connectivity index is 1.41. The van der Waals surface area contributed by atoms with E-state index >= 15 is 0 Å². The number of hydrogen-bond donors (Lipinski definition) is 1. The normalized spacial score (nSPS) is 21.0. The van der Waals surface area contributed by atoms with Crippen LogP contribution in [-0.4, -0.2) is 0 Å². The van der Waals surface area contributed by atoms with E-state index in [-0.39, 0.29) is 21.7 Å². The molecule has 3 aromatic rings. The number of nitrogens with one attached hydrogen (secondary N) is 1. The van der Waals surface area contributed by atoms with Crippen molar-refractivity contribution in [2.75, 3.05) is 5.32 Å². The number of rotatable bonds is 3. The monoisotopic (exact) mass is 465 g/mol. The topological polar surface area (TPSA) is 12.0 Å². The molecule has 0 bridgehead atoms.